The lowest BCUT2D eigenvalue weighted by atomic mass is 9.92. The van der Waals surface area contributed by atoms with E-state index in [1.807, 2.05) is 252 Å². The number of methoxy groups -OCH3 is 4. The van der Waals surface area contributed by atoms with Crippen LogP contribution in [-0.4, -0.2) is 284 Å². The van der Waals surface area contributed by atoms with Crippen molar-refractivity contribution in [2.24, 2.45) is 11.0 Å². The molecule has 0 fully saturated rings. The molecular formula is C111H135N31O8. The fourth-order valence-corrected chi connectivity index (χ4v) is 16.7. The minimum Gasteiger partial charge on any atom is -0.494 e. The predicted octanol–water partition coefficient (Wildman–Crippen LogP) is 17.0. The molecule has 16 rings (SSSR count). The summed E-state index contributed by atoms with van der Waals surface area (Å²) < 4.78 is 29.0. The molecule has 39 nitrogen and oxygen atoms in total. The first-order valence-corrected chi connectivity index (χ1v) is 48.9. The van der Waals surface area contributed by atoms with E-state index in [2.05, 4.69) is 183 Å². The van der Waals surface area contributed by atoms with E-state index in [9.17, 15) is 19.2 Å². The summed E-state index contributed by atoms with van der Waals surface area (Å²) in [6.45, 7) is 30.5. The number of hydrazone groups is 1. The number of para-hydroxylation sites is 2. The lowest BCUT2D eigenvalue weighted by Gasteiger charge is -2.26. The SMILES string of the molecule is C=CC(=O)Nc1cc(Nc2nccc(-c3cn(CC)c4ccccc34)n2)c(OC)cc1N(C)CCN(C)C.C=CC(=O)Nc1cc(Nc2nccc(-c3nc(C)c4ccccn34)n2)c(OC)cc1N(C)CCN(C)C.C=CC(=O)Nc1cc(Nc2nccc(-c3nn(CC)c4ccccc34)n2)c(OC)cc1N(C)CCN(C)C.C=CC(=O)Nc1cc(Nc2nccc(N3N=C(C)C4C=CC=CC43)n2)c(OC)cc1N(C)CCN(C)C. The lowest BCUT2D eigenvalue weighted by Crippen LogP contribution is -2.32. The number of pyridine rings is 1. The molecule has 1 aliphatic carbocycles. The number of imidazole rings is 1. The zero-order valence-corrected chi connectivity index (χ0v) is 89.0. The lowest BCUT2D eigenvalue weighted by molar-refractivity contribution is -0.112. The van der Waals surface area contributed by atoms with Gasteiger partial charge in [0, 0.05) is 195 Å². The van der Waals surface area contributed by atoms with Gasteiger partial charge in [0.25, 0.3) is 0 Å². The number of amides is 4. The molecule has 782 valence electrons. The molecule has 0 radical (unpaired) electrons. The number of carbonyl (C=O) groups is 4. The molecule has 8 aromatic heterocycles. The van der Waals surface area contributed by atoms with Crippen LogP contribution >= 0.6 is 0 Å². The average molecular weight is 2030 g/mol. The third-order valence-electron chi connectivity index (χ3n) is 24.8. The first kappa shape index (κ1) is 110. The maximum absolute atomic E-state index is 12.2. The van der Waals surface area contributed by atoms with E-state index in [0.29, 0.717) is 109 Å². The molecule has 0 saturated carbocycles. The molecule has 2 aliphatic rings. The number of likely N-dealkylation sites (N-methyl/N-ethyl adjacent to an activating group) is 8. The van der Waals surface area contributed by atoms with Gasteiger partial charge in [-0.3, -0.25) is 28.3 Å². The van der Waals surface area contributed by atoms with Gasteiger partial charge in [-0.15, -0.1) is 0 Å². The summed E-state index contributed by atoms with van der Waals surface area (Å²) in [4.78, 5) is 107. The number of allylic oxidation sites excluding steroid dienone is 2. The van der Waals surface area contributed by atoms with Gasteiger partial charge in [0.1, 0.15) is 34.4 Å². The number of carbonyl (C=O) groups excluding carboxylic acids is 4. The molecule has 8 N–H and O–H groups in total. The van der Waals surface area contributed by atoms with Crippen LogP contribution in [0.1, 0.15) is 26.5 Å². The van der Waals surface area contributed by atoms with Crippen LogP contribution in [-0.2, 0) is 32.3 Å². The Hall–Kier alpha value is -17.4. The number of rotatable bonds is 42. The molecule has 2 unspecified atom stereocenters. The van der Waals surface area contributed by atoms with E-state index in [-0.39, 0.29) is 35.6 Å². The van der Waals surface area contributed by atoms with E-state index in [1.54, 1.807) is 53.2 Å². The van der Waals surface area contributed by atoms with Crippen LogP contribution in [0.4, 0.5) is 97.9 Å². The van der Waals surface area contributed by atoms with Crippen molar-refractivity contribution in [2.45, 2.75) is 46.8 Å². The van der Waals surface area contributed by atoms with Crippen LogP contribution < -0.4 is 86.1 Å². The van der Waals surface area contributed by atoms with E-state index >= 15 is 0 Å². The summed E-state index contributed by atoms with van der Waals surface area (Å²) in [6.07, 6.45) is 24.2. The standard InChI is InChI=1S/C29H35N7O2.C28H34N8O2.C27H32N8O2.C27H34N8O2/c1-7-28(37)31-23-17-24(27(38-6)18-26(23)35(5)16-15-34(3)4)33-29-30-14-13-22(32-29)21-19-36(8-2)25-12-10-9-11-20(21)25;1-7-26(37)30-21-17-22(25(38-6)18-24(21)35(5)16-15-34(3)4)32-28-29-14-13-20(31-28)27-19-11-9-10-12-23(19)36(8-2)33-27;1-7-25(36)30-20-16-21(24(37-6)17-23(20)34(5)15-14-33(3)4)32-27-28-12-11-19(31-27)26-29-18(2)22-10-8-9-13-35(22)26;1-7-26(36)29-20-16-21(24(37-6)17-23(20)34(5)15-14-33(3)4)30-27-28-13-12-25(31-27)35-22-11-9-8-10-19(22)18(2)32-35/h7,9-14,17-19H,1,8,15-16H2,2-6H3,(H,31,37)(H,30,32,33);7,9-14,17-18H,1,8,15-16H2,2-6H3,(H,30,37)(H,29,31,32);7-13,16-17H,1,14-15H2,2-6H3,(H,30,36)(H,28,31,32);7-13,16-17,19,22H,1,14-15H2,2-6H3,(H,29,36)(H,28,30,31). The Morgan fingerprint density at radius 3 is 1.19 bits per heavy atom. The molecule has 4 amide bonds. The Morgan fingerprint density at radius 1 is 0.400 bits per heavy atom. The number of ether oxygens (including phenoxy) is 4. The third kappa shape index (κ3) is 27.5. The molecule has 0 spiro atoms. The second-order valence-electron chi connectivity index (χ2n) is 36.4. The summed E-state index contributed by atoms with van der Waals surface area (Å²) in [5.74, 6) is 4.34. The molecular weight excluding hydrogens is 1900 g/mol. The second kappa shape index (κ2) is 51.6. The number of benzene rings is 6. The summed E-state index contributed by atoms with van der Waals surface area (Å²) in [5, 5.41) is 38.3. The third-order valence-corrected chi connectivity index (χ3v) is 24.8. The maximum Gasteiger partial charge on any atom is 0.247 e. The van der Waals surface area contributed by atoms with Gasteiger partial charge in [-0.2, -0.15) is 15.2 Å². The Balaban J connectivity index is 0.000000167. The van der Waals surface area contributed by atoms with Gasteiger partial charge in [0.2, 0.25) is 47.4 Å². The van der Waals surface area contributed by atoms with Gasteiger partial charge in [-0.1, -0.05) is 93.1 Å². The highest BCUT2D eigenvalue weighted by Gasteiger charge is 2.35. The minimum absolute atomic E-state index is 0.0833. The second-order valence-corrected chi connectivity index (χ2v) is 36.4. The normalized spacial score (nSPS) is 12.7. The van der Waals surface area contributed by atoms with E-state index in [4.69, 9.17) is 54.1 Å². The number of anilines is 17. The summed E-state index contributed by atoms with van der Waals surface area (Å²) in [6, 6.07) is 44.7. The van der Waals surface area contributed by atoms with Crippen LogP contribution in [0.25, 0.3) is 61.5 Å². The van der Waals surface area contributed by atoms with Crippen LogP contribution in [0, 0.1) is 12.8 Å². The summed E-state index contributed by atoms with van der Waals surface area (Å²) >= 11 is 0. The number of fused-ring (bicyclic) bond motifs is 4. The number of nitrogens with one attached hydrogen (secondary N) is 8. The Labute approximate surface area is 875 Å². The van der Waals surface area contributed by atoms with Crippen molar-refractivity contribution >= 4 is 155 Å². The van der Waals surface area contributed by atoms with Gasteiger partial charge < -0.3 is 105 Å². The van der Waals surface area contributed by atoms with Crippen LogP contribution in [0.15, 0.2) is 257 Å². The highest BCUT2D eigenvalue weighted by Crippen LogP contribution is 2.45. The molecule has 2 atom stereocenters. The fourth-order valence-electron chi connectivity index (χ4n) is 16.7. The summed E-state index contributed by atoms with van der Waals surface area (Å²) in [5.41, 5.74) is 17.4. The maximum atomic E-state index is 12.2. The van der Waals surface area contributed by atoms with Crippen molar-refractivity contribution in [1.29, 1.82) is 0 Å². The zero-order valence-electron chi connectivity index (χ0n) is 89.0. The average Bonchev–Trinajstić information content (AvgIpc) is 1.62. The van der Waals surface area contributed by atoms with Gasteiger partial charge in [0.15, 0.2) is 11.6 Å². The largest absolute Gasteiger partial charge is 0.494 e. The van der Waals surface area contributed by atoms with E-state index in [0.717, 1.165) is 150 Å². The molecule has 6 aromatic carbocycles. The molecule has 39 heteroatoms. The van der Waals surface area contributed by atoms with Crippen molar-refractivity contribution < 1.29 is 38.1 Å². The topological polar surface area (TPSA) is 386 Å². The van der Waals surface area contributed by atoms with Gasteiger partial charge in [-0.25, -0.2) is 44.9 Å². The van der Waals surface area contributed by atoms with Gasteiger partial charge >= 0.3 is 0 Å². The Morgan fingerprint density at radius 2 is 0.773 bits per heavy atom. The molecule has 1 aliphatic heterocycles. The molecule has 14 aromatic rings. The Bertz CT molecular complexity index is 7050. The first-order chi connectivity index (χ1) is 72.3. The zero-order chi connectivity index (χ0) is 108. The molecule has 0 bridgehead atoms. The number of nitrogens with zero attached hydrogens (tertiary/aromatic N) is 23. The highest BCUT2D eigenvalue weighted by molar-refractivity contribution is 6.06. The first-order valence-electron chi connectivity index (χ1n) is 48.9. The van der Waals surface area contributed by atoms with Crippen LogP contribution in [0.5, 0.6) is 23.0 Å². The predicted molar refractivity (Wildman–Crippen MR) is 607 cm³/mol. The highest BCUT2D eigenvalue weighted by atomic mass is 16.5. The van der Waals surface area contributed by atoms with Crippen molar-refractivity contribution in [3.05, 3.63) is 257 Å². The van der Waals surface area contributed by atoms with Gasteiger partial charge in [0.05, 0.1) is 131 Å². The smallest absolute Gasteiger partial charge is 0.247 e. The van der Waals surface area contributed by atoms with Crippen LogP contribution in [0.3, 0.4) is 0 Å². The van der Waals surface area contributed by atoms with Crippen molar-refractivity contribution in [2.75, 3.05) is 233 Å². The number of aromatic nitrogens is 13. The van der Waals surface area contributed by atoms with Crippen LogP contribution in [0.2, 0.25) is 0 Å². The van der Waals surface area contributed by atoms with Crippen molar-refractivity contribution in [3.63, 3.8) is 0 Å². The quantitative estimate of drug-likeness (QED) is 0.0165. The minimum atomic E-state index is -0.307. The number of aryl methyl sites for hydroxylation is 3. The van der Waals surface area contributed by atoms with E-state index < -0.39 is 0 Å². The molecule has 150 heavy (non-hydrogen) atoms. The monoisotopic (exact) mass is 2030 g/mol. The molecule has 0 saturated heterocycles. The number of hydrogen-bond acceptors (Lipinski definition) is 32. The van der Waals surface area contributed by atoms with Crippen molar-refractivity contribution in [3.8, 4) is 57.2 Å². The summed E-state index contributed by atoms with van der Waals surface area (Å²) in [7, 11) is 30.5. The molecule has 9 heterocycles. The van der Waals surface area contributed by atoms with Gasteiger partial charge in [-0.05, 0) is 175 Å². The van der Waals surface area contributed by atoms with Crippen molar-refractivity contribution in [1.82, 2.24) is 83.2 Å². The number of hydrogen-bond donors (Lipinski definition) is 8. The fraction of sp³-hybridized carbons (Fsp3) is 0.288. The van der Waals surface area contributed by atoms with E-state index in [1.165, 1.54) is 24.3 Å². The Kier molecular flexibility index (Phi) is 37.7.